The molecule has 0 saturated carbocycles. The number of hydrogen-bond donors (Lipinski definition) is 3. The molecule has 1 amide bonds. The van der Waals surface area contributed by atoms with E-state index in [-0.39, 0.29) is 11.4 Å². The van der Waals surface area contributed by atoms with Crippen molar-refractivity contribution in [1.82, 2.24) is 30.1 Å². The summed E-state index contributed by atoms with van der Waals surface area (Å²) < 4.78 is 29.7. The second-order valence-electron chi connectivity index (χ2n) is 10.2. The zero-order valence-electron chi connectivity index (χ0n) is 21.3. The maximum atomic E-state index is 15.2. The molecule has 0 fully saturated rings. The minimum absolute atomic E-state index is 0.145. The number of aromatic nitrogens is 6. The Hall–Kier alpha value is -4.99. The highest BCUT2D eigenvalue weighted by Gasteiger charge is 2.22. The summed E-state index contributed by atoms with van der Waals surface area (Å²) in [5.41, 5.74) is 3.54. The van der Waals surface area contributed by atoms with Gasteiger partial charge in [0.15, 0.2) is 11.6 Å². The summed E-state index contributed by atoms with van der Waals surface area (Å²) in [5, 5.41) is 10.4. The predicted molar refractivity (Wildman–Crippen MR) is 146 cm³/mol. The average Bonchev–Trinajstić information content (AvgIpc) is 3.53. The monoisotopic (exact) mass is 523 g/mol. The summed E-state index contributed by atoms with van der Waals surface area (Å²) in [4.78, 5) is 28.9. The Bertz CT molecular complexity index is 1880. The van der Waals surface area contributed by atoms with E-state index >= 15 is 4.39 Å². The summed E-state index contributed by atoms with van der Waals surface area (Å²) in [5.74, 6) is -0.692. The first-order valence-corrected chi connectivity index (χ1v) is 12.2. The second kappa shape index (κ2) is 9.09. The highest BCUT2D eigenvalue weighted by atomic mass is 19.1. The smallest absolute Gasteiger partial charge is 0.229 e. The number of amides is 1. The first-order valence-electron chi connectivity index (χ1n) is 12.2. The van der Waals surface area contributed by atoms with E-state index in [4.69, 9.17) is 0 Å². The molecule has 3 N–H and O–H groups in total. The third-order valence-corrected chi connectivity index (χ3v) is 6.39. The lowest BCUT2D eigenvalue weighted by molar-refractivity contribution is -0.123. The number of rotatable bonds is 4. The van der Waals surface area contributed by atoms with Gasteiger partial charge in [-0.05, 0) is 42.0 Å². The van der Waals surface area contributed by atoms with E-state index in [2.05, 4.69) is 35.5 Å². The van der Waals surface area contributed by atoms with Crippen molar-refractivity contribution in [3.8, 4) is 33.9 Å². The molecule has 0 aliphatic rings. The summed E-state index contributed by atoms with van der Waals surface area (Å²) in [6.07, 6.45) is 4.72. The fourth-order valence-electron chi connectivity index (χ4n) is 4.31. The molecule has 0 radical (unpaired) electrons. The third kappa shape index (κ3) is 4.39. The van der Waals surface area contributed by atoms with Gasteiger partial charge >= 0.3 is 0 Å². The van der Waals surface area contributed by atoms with Crippen LogP contribution in [0.3, 0.4) is 0 Å². The summed E-state index contributed by atoms with van der Waals surface area (Å²) in [6.45, 7) is 5.45. The molecule has 0 aliphatic carbocycles. The van der Waals surface area contributed by atoms with Gasteiger partial charge in [-0.2, -0.15) is 5.10 Å². The van der Waals surface area contributed by atoms with Crippen LogP contribution in [0.2, 0.25) is 0 Å². The van der Waals surface area contributed by atoms with E-state index in [9.17, 15) is 9.18 Å². The number of nitrogens with one attached hydrogen (secondary N) is 3. The SMILES string of the molecule is CC(C)(C)C(=O)Nc1cncc(-c2cc(F)c3n[nH]c(-c4nc5c(-c6ccccc6F)nccc5[nH]4)c3c2)c1. The number of carbonyl (C=O) groups excluding carboxylic acids is 1. The molecule has 0 bridgehead atoms. The molecule has 4 heterocycles. The molecule has 6 aromatic rings. The Morgan fingerprint density at radius 3 is 2.56 bits per heavy atom. The molecule has 194 valence electrons. The van der Waals surface area contributed by atoms with Crippen molar-refractivity contribution < 1.29 is 13.6 Å². The molecule has 4 aromatic heterocycles. The van der Waals surface area contributed by atoms with Crippen molar-refractivity contribution in [1.29, 1.82) is 0 Å². The first-order chi connectivity index (χ1) is 18.7. The van der Waals surface area contributed by atoms with Crippen molar-refractivity contribution in [2.45, 2.75) is 20.8 Å². The average molecular weight is 524 g/mol. The third-order valence-electron chi connectivity index (χ3n) is 6.39. The molecular weight excluding hydrogens is 500 g/mol. The van der Waals surface area contributed by atoms with E-state index in [1.165, 1.54) is 12.1 Å². The van der Waals surface area contributed by atoms with Gasteiger partial charge in [-0.3, -0.25) is 19.9 Å². The Morgan fingerprint density at radius 2 is 1.77 bits per heavy atom. The van der Waals surface area contributed by atoms with Crippen molar-refractivity contribution in [2.24, 2.45) is 5.41 Å². The number of carbonyl (C=O) groups is 1. The molecule has 6 rings (SSSR count). The number of fused-ring (bicyclic) bond motifs is 2. The maximum Gasteiger partial charge on any atom is 0.229 e. The van der Waals surface area contributed by atoms with Gasteiger partial charge in [0.2, 0.25) is 5.91 Å². The number of imidazole rings is 1. The summed E-state index contributed by atoms with van der Waals surface area (Å²) in [6, 6.07) is 13.0. The number of nitrogens with zero attached hydrogens (tertiary/aromatic N) is 4. The van der Waals surface area contributed by atoms with Gasteiger partial charge in [0.25, 0.3) is 0 Å². The van der Waals surface area contributed by atoms with Crippen molar-refractivity contribution in [3.05, 3.63) is 78.8 Å². The zero-order chi connectivity index (χ0) is 27.3. The highest BCUT2D eigenvalue weighted by Crippen LogP contribution is 2.34. The molecule has 0 atom stereocenters. The van der Waals surface area contributed by atoms with Gasteiger partial charge in [-0.15, -0.1) is 0 Å². The molecular formula is C29H23F2N7O. The topological polar surface area (TPSA) is 112 Å². The fourth-order valence-corrected chi connectivity index (χ4v) is 4.31. The second-order valence-corrected chi connectivity index (χ2v) is 10.2. The van der Waals surface area contributed by atoms with Gasteiger partial charge < -0.3 is 10.3 Å². The summed E-state index contributed by atoms with van der Waals surface area (Å²) >= 11 is 0. The Kier molecular flexibility index (Phi) is 5.67. The van der Waals surface area contributed by atoms with Gasteiger partial charge in [-0.25, -0.2) is 13.8 Å². The van der Waals surface area contributed by atoms with E-state index in [1.807, 2.05) is 20.8 Å². The Morgan fingerprint density at radius 1 is 0.949 bits per heavy atom. The van der Waals surface area contributed by atoms with Crippen LogP contribution in [-0.2, 0) is 4.79 Å². The molecule has 8 nitrogen and oxygen atoms in total. The summed E-state index contributed by atoms with van der Waals surface area (Å²) in [7, 11) is 0. The Labute approximate surface area is 221 Å². The Balaban J connectivity index is 1.44. The minimum atomic E-state index is -0.582. The van der Waals surface area contributed by atoms with Crippen molar-refractivity contribution in [2.75, 3.05) is 5.32 Å². The first kappa shape index (κ1) is 24.4. The van der Waals surface area contributed by atoms with Crippen LogP contribution < -0.4 is 5.32 Å². The number of pyridine rings is 2. The lowest BCUT2D eigenvalue weighted by atomic mass is 9.95. The standard InChI is InChI=1S/C29H23F2N7O/c1-29(2,3)28(39)34-17-10-16(13-32-14-17)15-11-19-23(21(31)12-15)37-38-25(19)27-35-22-8-9-33-24(26(22)36-27)18-6-4-5-7-20(18)30/h4-14H,1-3H3,(H,34,39)(H,35,36)(H,37,38). The number of aromatic amines is 2. The van der Waals surface area contributed by atoms with Crippen LogP contribution in [-0.4, -0.2) is 36.0 Å². The lowest BCUT2D eigenvalue weighted by Crippen LogP contribution is -2.27. The molecule has 0 spiro atoms. The van der Waals surface area contributed by atoms with E-state index in [1.54, 1.807) is 55.0 Å². The fraction of sp³-hybridized carbons (Fsp3) is 0.138. The van der Waals surface area contributed by atoms with Crippen LogP contribution in [0.1, 0.15) is 20.8 Å². The molecule has 0 aliphatic heterocycles. The molecule has 2 aromatic carbocycles. The number of H-pyrrole nitrogens is 2. The van der Waals surface area contributed by atoms with Crippen LogP contribution in [0.5, 0.6) is 0 Å². The molecule has 0 unspecified atom stereocenters. The van der Waals surface area contributed by atoms with Gasteiger partial charge in [-0.1, -0.05) is 32.9 Å². The molecule has 39 heavy (non-hydrogen) atoms. The minimum Gasteiger partial charge on any atom is -0.337 e. The van der Waals surface area contributed by atoms with Gasteiger partial charge in [0, 0.05) is 34.3 Å². The maximum absolute atomic E-state index is 15.2. The molecule has 10 heteroatoms. The molecule has 0 saturated heterocycles. The normalized spacial score (nSPS) is 11.8. The quantitative estimate of drug-likeness (QED) is 0.244. The van der Waals surface area contributed by atoms with E-state index in [0.717, 1.165) is 0 Å². The predicted octanol–water partition coefficient (Wildman–Crippen LogP) is 6.49. The van der Waals surface area contributed by atoms with Crippen LogP contribution in [0.4, 0.5) is 14.5 Å². The van der Waals surface area contributed by atoms with Gasteiger partial charge in [0.05, 0.1) is 17.4 Å². The zero-order valence-corrected chi connectivity index (χ0v) is 21.3. The number of anilines is 1. The van der Waals surface area contributed by atoms with Crippen LogP contribution in [0, 0.1) is 17.0 Å². The highest BCUT2D eigenvalue weighted by molar-refractivity contribution is 5.98. The van der Waals surface area contributed by atoms with Crippen molar-refractivity contribution >= 4 is 33.5 Å². The van der Waals surface area contributed by atoms with E-state index in [0.29, 0.717) is 56.0 Å². The number of halogens is 2. The lowest BCUT2D eigenvalue weighted by Gasteiger charge is -2.17. The van der Waals surface area contributed by atoms with E-state index < -0.39 is 17.0 Å². The van der Waals surface area contributed by atoms with Crippen LogP contribution in [0.15, 0.2) is 67.1 Å². The van der Waals surface area contributed by atoms with Crippen molar-refractivity contribution in [3.63, 3.8) is 0 Å². The largest absolute Gasteiger partial charge is 0.337 e. The number of benzene rings is 2. The van der Waals surface area contributed by atoms with Crippen LogP contribution >= 0.6 is 0 Å². The number of hydrogen-bond acceptors (Lipinski definition) is 5. The van der Waals surface area contributed by atoms with Crippen LogP contribution in [0.25, 0.3) is 55.8 Å². The van der Waals surface area contributed by atoms with Gasteiger partial charge in [0.1, 0.15) is 28.2 Å².